The number of carbonyl (C=O) groups is 1. The van der Waals surface area contributed by atoms with E-state index >= 15 is 0 Å². The lowest BCUT2D eigenvalue weighted by Crippen LogP contribution is -2.26. The predicted molar refractivity (Wildman–Crippen MR) is 80.7 cm³/mol. The van der Waals surface area contributed by atoms with Gasteiger partial charge >= 0.3 is 5.97 Å². The Hall–Kier alpha value is -1.35. The second-order valence-electron chi connectivity index (χ2n) is 5.82. The Morgan fingerprint density at radius 3 is 2.60 bits per heavy atom. The minimum absolute atomic E-state index is 0.239. The highest BCUT2D eigenvalue weighted by Gasteiger charge is 2.34. The smallest absolute Gasteiger partial charge is 0.338 e. The molecule has 0 amide bonds. The first-order valence-corrected chi connectivity index (χ1v) is 7.52. The van der Waals surface area contributed by atoms with Crippen LogP contribution < -0.4 is 0 Å². The Morgan fingerprint density at radius 1 is 1.30 bits per heavy atom. The molecule has 1 aliphatic heterocycles. The maximum atomic E-state index is 11.8. The van der Waals surface area contributed by atoms with Gasteiger partial charge in [-0.3, -0.25) is 4.90 Å². The van der Waals surface area contributed by atoms with Crippen LogP contribution in [0.25, 0.3) is 0 Å². The fraction of sp³-hybridized carbons (Fsp3) is 0.588. The van der Waals surface area contributed by atoms with Gasteiger partial charge in [-0.25, -0.2) is 4.79 Å². The number of likely N-dealkylation sites (tertiary alicyclic amines) is 1. The average molecular weight is 275 g/mol. The lowest BCUT2D eigenvalue weighted by Gasteiger charge is -2.26. The van der Waals surface area contributed by atoms with Gasteiger partial charge in [0.15, 0.2) is 0 Å². The molecule has 0 aromatic heterocycles. The van der Waals surface area contributed by atoms with Gasteiger partial charge in [0.05, 0.1) is 12.7 Å². The van der Waals surface area contributed by atoms with E-state index in [1.54, 1.807) is 0 Å². The number of methoxy groups -OCH3 is 1. The molecular weight excluding hydrogens is 250 g/mol. The lowest BCUT2D eigenvalue weighted by atomic mass is 9.82. The van der Waals surface area contributed by atoms with Gasteiger partial charge in [-0.05, 0) is 42.9 Å². The molecule has 1 aromatic carbocycles. The SMILES string of the molecule is CCC1(CC)CCN(Cc2ccccc2C(=O)OC)C1. The van der Waals surface area contributed by atoms with E-state index in [0.29, 0.717) is 11.0 Å². The van der Waals surface area contributed by atoms with Crippen molar-refractivity contribution in [1.82, 2.24) is 4.90 Å². The molecule has 0 saturated carbocycles. The van der Waals surface area contributed by atoms with Crippen LogP contribution in [0.1, 0.15) is 49.0 Å². The summed E-state index contributed by atoms with van der Waals surface area (Å²) in [5, 5.41) is 0. The molecule has 20 heavy (non-hydrogen) atoms. The molecule has 0 atom stereocenters. The van der Waals surface area contributed by atoms with Crippen molar-refractivity contribution < 1.29 is 9.53 Å². The molecule has 3 heteroatoms. The quantitative estimate of drug-likeness (QED) is 0.770. The zero-order valence-corrected chi connectivity index (χ0v) is 12.8. The second kappa shape index (κ2) is 6.40. The first-order valence-electron chi connectivity index (χ1n) is 7.52. The van der Waals surface area contributed by atoms with Crippen LogP contribution in [0.3, 0.4) is 0 Å². The topological polar surface area (TPSA) is 29.5 Å². The van der Waals surface area contributed by atoms with Crippen LogP contribution in [0.5, 0.6) is 0 Å². The van der Waals surface area contributed by atoms with Gasteiger partial charge in [0, 0.05) is 13.1 Å². The Bertz CT molecular complexity index is 466. The van der Waals surface area contributed by atoms with E-state index in [9.17, 15) is 4.79 Å². The molecule has 0 aliphatic carbocycles. The molecule has 110 valence electrons. The molecule has 2 rings (SSSR count). The van der Waals surface area contributed by atoms with Crippen LogP contribution in [0.15, 0.2) is 24.3 Å². The van der Waals surface area contributed by atoms with E-state index in [1.165, 1.54) is 26.4 Å². The van der Waals surface area contributed by atoms with E-state index in [0.717, 1.165) is 25.2 Å². The molecule has 1 aliphatic rings. The summed E-state index contributed by atoms with van der Waals surface area (Å²) in [4.78, 5) is 14.3. The molecule has 1 heterocycles. The maximum absolute atomic E-state index is 11.8. The number of rotatable bonds is 5. The van der Waals surface area contributed by atoms with Gasteiger partial charge in [0.2, 0.25) is 0 Å². The molecule has 1 fully saturated rings. The van der Waals surface area contributed by atoms with Crippen LogP contribution in [0, 0.1) is 5.41 Å². The van der Waals surface area contributed by atoms with Gasteiger partial charge in [-0.2, -0.15) is 0 Å². The summed E-state index contributed by atoms with van der Waals surface area (Å²) in [6, 6.07) is 7.77. The van der Waals surface area contributed by atoms with E-state index in [4.69, 9.17) is 4.74 Å². The molecule has 0 spiro atoms. The van der Waals surface area contributed by atoms with Gasteiger partial charge in [-0.15, -0.1) is 0 Å². The summed E-state index contributed by atoms with van der Waals surface area (Å²) in [5.41, 5.74) is 2.24. The summed E-state index contributed by atoms with van der Waals surface area (Å²) in [6.07, 6.45) is 3.73. The normalized spacial score (nSPS) is 18.1. The van der Waals surface area contributed by atoms with Crippen molar-refractivity contribution in [3.05, 3.63) is 35.4 Å². The Balaban J connectivity index is 2.10. The van der Waals surface area contributed by atoms with E-state index in [1.807, 2.05) is 24.3 Å². The van der Waals surface area contributed by atoms with E-state index in [2.05, 4.69) is 18.7 Å². The summed E-state index contributed by atoms with van der Waals surface area (Å²) >= 11 is 0. The van der Waals surface area contributed by atoms with Crippen molar-refractivity contribution in [1.29, 1.82) is 0 Å². The van der Waals surface area contributed by atoms with E-state index < -0.39 is 0 Å². The number of nitrogens with zero attached hydrogens (tertiary/aromatic N) is 1. The number of hydrogen-bond acceptors (Lipinski definition) is 3. The lowest BCUT2D eigenvalue weighted by molar-refractivity contribution is 0.0598. The second-order valence-corrected chi connectivity index (χ2v) is 5.82. The molecule has 1 saturated heterocycles. The monoisotopic (exact) mass is 275 g/mol. The highest BCUT2D eigenvalue weighted by Crippen LogP contribution is 2.37. The molecular formula is C17H25NO2. The van der Waals surface area contributed by atoms with E-state index in [-0.39, 0.29) is 5.97 Å². The maximum Gasteiger partial charge on any atom is 0.338 e. The Kier molecular flexibility index (Phi) is 4.81. The Morgan fingerprint density at radius 2 is 2.00 bits per heavy atom. The van der Waals surface area contributed by atoms with Crippen LogP contribution in [0.4, 0.5) is 0 Å². The molecule has 3 nitrogen and oxygen atoms in total. The highest BCUT2D eigenvalue weighted by atomic mass is 16.5. The minimum atomic E-state index is -0.239. The Labute approximate surface area is 121 Å². The molecule has 1 aromatic rings. The number of benzene rings is 1. The van der Waals surface area contributed by atoms with Crippen molar-refractivity contribution >= 4 is 5.97 Å². The van der Waals surface area contributed by atoms with Crippen molar-refractivity contribution in [2.75, 3.05) is 20.2 Å². The predicted octanol–water partition coefficient (Wildman–Crippen LogP) is 3.49. The highest BCUT2D eigenvalue weighted by molar-refractivity contribution is 5.90. The third-order valence-electron chi connectivity index (χ3n) is 4.83. The van der Waals surface area contributed by atoms with Gasteiger partial charge < -0.3 is 4.74 Å². The van der Waals surface area contributed by atoms with Gasteiger partial charge in [0.1, 0.15) is 0 Å². The van der Waals surface area contributed by atoms with Crippen LogP contribution in [-0.4, -0.2) is 31.1 Å². The number of ether oxygens (including phenoxy) is 1. The number of carbonyl (C=O) groups excluding carboxylic acids is 1. The average Bonchev–Trinajstić information content (AvgIpc) is 2.91. The fourth-order valence-corrected chi connectivity index (χ4v) is 3.20. The standard InChI is InChI=1S/C17H25NO2/c1-4-17(5-2)10-11-18(13-17)12-14-8-6-7-9-15(14)16(19)20-3/h6-9H,4-5,10-13H2,1-3H3. The van der Waals surface area contributed by atoms with Crippen LogP contribution in [0.2, 0.25) is 0 Å². The molecule has 0 bridgehead atoms. The van der Waals surface area contributed by atoms with Crippen molar-refractivity contribution in [3.63, 3.8) is 0 Å². The zero-order chi connectivity index (χ0) is 14.6. The van der Waals surface area contributed by atoms with Crippen LogP contribution >= 0.6 is 0 Å². The summed E-state index contributed by atoms with van der Waals surface area (Å²) in [7, 11) is 1.44. The van der Waals surface area contributed by atoms with Crippen molar-refractivity contribution in [2.24, 2.45) is 5.41 Å². The molecule has 0 radical (unpaired) electrons. The zero-order valence-electron chi connectivity index (χ0n) is 12.8. The molecule has 0 unspecified atom stereocenters. The van der Waals surface area contributed by atoms with Gasteiger partial charge in [0.25, 0.3) is 0 Å². The van der Waals surface area contributed by atoms with Crippen LogP contribution in [-0.2, 0) is 11.3 Å². The first-order chi connectivity index (χ1) is 9.64. The summed E-state index contributed by atoms with van der Waals surface area (Å²) < 4.78 is 4.87. The third-order valence-corrected chi connectivity index (χ3v) is 4.83. The number of esters is 1. The largest absolute Gasteiger partial charge is 0.465 e. The third kappa shape index (κ3) is 3.04. The minimum Gasteiger partial charge on any atom is -0.465 e. The molecule has 0 N–H and O–H groups in total. The first kappa shape index (κ1) is 15.0. The van der Waals surface area contributed by atoms with Gasteiger partial charge in [-0.1, -0.05) is 32.0 Å². The number of hydrogen-bond donors (Lipinski definition) is 0. The summed E-state index contributed by atoms with van der Waals surface area (Å²) in [5.74, 6) is -0.239. The fourth-order valence-electron chi connectivity index (χ4n) is 3.20. The van der Waals surface area contributed by atoms with Crippen molar-refractivity contribution in [2.45, 2.75) is 39.7 Å². The van der Waals surface area contributed by atoms with Crippen molar-refractivity contribution in [3.8, 4) is 0 Å². The summed E-state index contributed by atoms with van der Waals surface area (Å²) in [6.45, 7) is 7.67.